The lowest BCUT2D eigenvalue weighted by molar-refractivity contribution is 0.0473. The summed E-state index contributed by atoms with van der Waals surface area (Å²) in [7, 11) is 0. The molecule has 2 aromatic rings. The van der Waals surface area contributed by atoms with Crippen molar-refractivity contribution in [2.24, 2.45) is 5.10 Å². The average Bonchev–Trinajstić information content (AvgIpc) is 3.22. The zero-order valence-corrected chi connectivity index (χ0v) is 16.5. The van der Waals surface area contributed by atoms with E-state index in [1.54, 1.807) is 38.1 Å². The summed E-state index contributed by atoms with van der Waals surface area (Å²) in [4.78, 5) is 39.3. The Kier molecular flexibility index (Phi) is 5.44. The van der Waals surface area contributed by atoms with Gasteiger partial charge in [-0.3, -0.25) is 14.6 Å². The number of benzene rings is 1. The van der Waals surface area contributed by atoms with Crippen molar-refractivity contribution in [2.45, 2.75) is 34.1 Å². The molecular weight excluding hydrogens is 358 g/mol. The van der Waals surface area contributed by atoms with Gasteiger partial charge in [0, 0.05) is 29.9 Å². The van der Waals surface area contributed by atoms with E-state index in [4.69, 9.17) is 4.74 Å². The second-order valence-corrected chi connectivity index (χ2v) is 6.94. The molecule has 1 aromatic carbocycles. The van der Waals surface area contributed by atoms with Crippen LogP contribution in [0.1, 0.15) is 62.7 Å². The summed E-state index contributed by atoms with van der Waals surface area (Å²) in [5.74, 6) is -1.06. The van der Waals surface area contributed by atoms with E-state index in [0.29, 0.717) is 28.1 Å². The number of esters is 1. The van der Waals surface area contributed by atoms with Crippen molar-refractivity contribution in [3.8, 4) is 0 Å². The predicted molar refractivity (Wildman–Crippen MR) is 106 cm³/mol. The van der Waals surface area contributed by atoms with Crippen molar-refractivity contribution in [3.05, 3.63) is 52.3 Å². The number of ketones is 2. The topological polar surface area (TPSA) is 91.8 Å². The molecule has 7 heteroatoms. The number of hydrogen-bond donors (Lipinski definition) is 1. The highest BCUT2D eigenvalue weighted by molar-refractivity contribution is 6.04. The molecule has 2 heterocycles. The van der Waals surface area contributed by atoms with E-state index in [0.717, 1.165) is 24.4 Å². The Morgan fingerprint density at radius 3 is 2.36 bits per heavy atom. The Hall–Kier alpha value is -3.22. The van der Waals surface area contributed by atoms with Crippen LogP contribution in [0.15, 0.2) is 29.4 Å². The molecular formula is C21H23N3O4. The summed E-state index contributed by atoms with van der Waals surface area (Å²) in [5.41, 5.74) is 4.36. The minimum Gasteiger partial charge on any atom is -0.454 e. The molecule has 1 N–H and O–H groups in total. The van der Waals surface area contributed by atoms with Gasteiger partial charge in [0.2, 0.25) is 5.78 Å². The molecule has 0 radical (unpaired) electrons. The molecule has 28 heavy (non-hydrogen) atoms. The van der Waals surface area contributed by atoms with Crippen LogP contribution in [0.2, 0.25) is 0 Å². The number of hydrazone groups is 1. The third-order valence-corrected chi connectivity index (χ3v) is 4.78. The summed E-state index contributed by atoms with van der Waals surface area (Å²) in [6.45, 7) is 7.30. The summed E-state index contributed by atoms with van der Waals surface area (Å²) in [6, 6.07) is 6.92. The van der Waals surface area contributed by atoms with Crippen LogP contribution in [0.5, 0.6) is 0 Å². The molecule has 0 saturated carbocycles. The van der Waals surface area contributed by atoms with E-state index < -0.39 is 12.6 Å². The second kappa shape index (κ2) is 7.80. The van der Waals surface area contributed by atoms with Crippen molar-refractivity contribution >= 4 is 28.9 Å². The SMILES string of the molecule is CC(=O)c1c(C)[nH]c(C(=O)COC(=O)c2ccc(N3CCC(C)=N3)cc2)c1C. The van der Waals surface area contributed by atoms with Crippen molar-refractivity contribution in [1.29, 1.82) is 0 Å². The fourth-order valence-electron chi connectivity index (χ4n) is 3.37. The molecule has 0 unspecified atom stereocenters. The van der Waals surface area contributed by atoms with E-state index in [9.17, 15) is 14.4 Å². The van der Waals surface area contributed by atoms with E-state index in [1.165, 1.54) is 6.92 Å². The van der Waals surface area contributed by atoms with Gasteiger partial charge in [0.25, 0.3) is 0 Å². The number of nitrogens with one attached hydrogen (secondary N) is 1. The van der Waals surface area contributed by atoms with Gasteiger partial charge in [-0.2, -0.15) is 5.10 Å². The molecule has 1 aromatic heterocycles. The van der Waals surface area contributed by atoms with Crippen molar-refractivity contribution in [1.82, 2.24) is 4.98 Å². The van der Waals surface area contributed by atoms with Gasteiger partial charge in [-0.05, 0) is 57.5 Å². The second-order valence-electron chi connectivity index (χ2n) is 6.94. The first-order valence-electron chi connectivity index (χ1n) is 9.10. The Morgan fingerprint density at radius 1 is 1.14 bits per heavy atom. The number of aromatic nitrogens is 1. The number of Topliss-reactive ketones (excluding diaryl/α,β-unsaturated/α-hetero) is 2. The van der Waals surface area contributed by atoms with Gasteiger partial charge in [0.05, 0.1) is 16.9 Å². The van der Waals surface area contributed by atoms with Crippen LogP contribution in [0, 0.1) is 13.8 Å². The zero-order valence-electron chi connectivity index (χ0n) is 16.5. The van der Waals surface area contributed by atoms with Crippen molar-refractivity contribution in [3.63, 3.8) is 0 Å². The molecule has 0 bridgehead atoms. The van der Waals surface area contributed by atoms with Gasteiger partial charge < -0.3 is 9.72 Å². The van der Waals surface area contributed by atoms with Crippen LogP contribution in [-0.2, 0) is 4.74 Å². The molecule has 0 saturated heterocycles. The first-order valence-corrected chi connectivity index (χ1v) is 9.10. The van der Waals surface area contributed by atoms with E-state index >= 15 is 0 Å². The van der Waals surface area contributed by atoms with E-state index in [2.05, 4.69) is 10.1 Å². The largest absolute Gasteiger partial charge is 0.454 e. The minimum atomic E-state index is -0.575. The van der Waals surface area contributed by atoms with Gasteiger partial charge in [0.15, 0.2) is 12.4 Å². The van der Waals surface area contributed by atoms with Gasteiger partial charge in [-0.1, -0.05) is 0 Å². The number of aryl methyl sites for hydroxylation is 1. The molecule has 3 rings (SSSR count). The van der Waals surface area contributed by atoms with E-state index in [-0.39, 0.29) is 11.6 Å². The molecule has 0 aliphatic carbocycles. The van der Waals surface area contributed by atoms with Crippen LogP contribution < -0.4 is 5.01 Å². The van der Waals surface area contributed by atoms with Crippen molar-refractivity contribution < 1.29 is 19.1 Å². The number of carbonyl (C=O) groups is 3. The number of hydrogen-bond acceptors (Lipinski definition) is 6. The number of carbonyl (C=O) groups excluding carboxylic acids is 3. The van der Waals surface area contributed by atoms with Crippen LogP contribution in [0.3, 0.4) is 0 Å². The maximum atomic E-state index is 12.4. The van der Waals surface area contributed by atoms with Gasteiger partial charge in [-0.25, -0.2) is 4.79 Å². The summed E-state index contributed by atoms with van der Waals surface area (Å²) >= 11 is 0. The molecule has 1 aliphatic heterocycles. The summed E-state index contributed by atoms with van der Waals surface area (Å²) < 4.78 is 5.16. The number of ether oxygens (including phenoxy) is 1. The Bertz CT molecular complexity index is 970. The maximum Gasteiger partial charge on any atom is 0.338 e. The van der Waals surface area contributed by atoms with Crippen molar-refractivity contribution in [2.75, 3.05) is 18.2 Å². The lowest BCUT2D eigenvalue weighted by Gasteiger charge is -2.13. The molecule has 1 aliphatic rings. The first kappa shape index (κ1) is 19.5. The number of anilines is 1. The van der Waals surface area contributed by atoms with Crippen LogP contribution in [-0.4, -0.2) is 41.4 Å². The Morgan fingerprint density at radius 2 is 1.82 bits per heavy atom. The average molecular weight is 381 g/mol. The Labute approximate surface area is 163 Å². The minimum absolute atomic E-state index is 0.111. The molecule has 7 nitrogen and oxygen atoms in total. The lowest BCUT2D eigenvalue weighted by atomic mass is 10.1. The quantitative estimate of drug-likeness (QED) is 0.611. The number of H-pyrrole nitrogens is 1. The predicted octanol–water partition coefficient (Wildman–Crippen LogP) is 3.46. The normalized spacial score (nSPS) is 13.4. The first-order chi connectivity index (χ1) is 13.3. The zero-order chi connectivity index (χ0) is 20.4. The molecule has 0 atom stereocenters. The van der Waals surface area contributed by atoms with E-state index in [1.807, 2.05) is 11.9 Å². The summed E-state index contributed by atoms with van der Waals surface area (Å²) in [6.07, 6.45) is 0.925. The highest BCUT2D eigenvalue weighted by atomic mass is 16.5. The van der Waals surface area contributed by atoms with Crippen LogP contribution in [0.4, 0.5) is 5.69 Å². The van der Waals surface area contributed by atoms with Gasteiger partial charge in [-0.15, -0.1) is 0 Å². The Balaban J connectivity index is 1.63. The summed E-state index contributed by atoms with van der Waals surface area (Å²) in [5, 5.41) is 6.30. The number of nitrogens with zero attached hydrogens (tertiary/aromatic N) is 2. The number of aromatic amines is 1. The monoisotopic (exact) mass is 381 g/mol. The molecule has 0 spiro atoms. The number of rotatable bonds is 6. The highest BCUT2D eigenvalue weighted by Gasteiger charge is 2.21. The van der Waals surface area contributed by atoms with Gasteiger partial charge in [0.1, 0.15) is 0 Å². The lowest BCUT2D eigenvalue weighted by Crippen LogP contribution is -2.16. The third kappa shape index (κ3) is 3.88. The fraction of sp³-hybridized carbons (Fsp3) is 0.333. The maximum absolute atomic E-state index is 12.4. The van der Waals surface area contributed by atoms with Crippen LogP contribution >= 0.6 is 0 Å². The highest BCUT2D eigenvalue weighted by Crippen LogP contribution is 2.21. The fourth-order valence-corrected chi connectivity index (χ4v) is 3.37. The molecule has 0 fully saturated rings. The molecule has 146 valence electrons. The smallest absolute Gasteiger partial charge is 0.338 e. The third-order valence-electron chi connectivity index (χ3n) is 4.78. The molecule has 0 amide bonds. The standard InChI is InChI=1S/C21H23N3O4/c1-12-9-10-24(23-12)17-7-5-16(6-8-17)21(27)28-11-18(26)20-13(2)19(15(4)25)14(3)22-20/h5-8,22H,9-11H2,1-4H3. The van der Waals surface area contributed by atoms with Crippen LogP contribution in [0.25, 0.3) is 0 Å². The van der Waals surface area contributed by atoms with Gasteiger partial charge >= 0.3 is 5.97 Å².